The van der Waals surface area contributed by atoms with Gasteiger partial charge in [0.15, 0.2) is 0 Å². The molecular formula is C16H22O4. The topological polar surface area (TPSA) is 63.6 Å². The molecule has 1 aliphatic rings. The third-order valence-corrected chi connectivity index (χ3v) is 3.22. The van der Waals surface area contributed by atoms with Crippen molar-refractivity contribution in [3.63, 3.8) is 0 Å². The van der Waals surface area contributed by atoms with Gasteiger partial charge in [0.25, 0.3) is 0 Å². The van der Waals surface area contributed by atoms with Crippen LogP contribution in [0.2, 0.25) is 0 Å². The molecular weight excluding hydrogens is 256 g/mol. The Morgan fingerprint density at radius 2 is 1.75 bits per heavy atom. The Kier molecular flexibility index (Phi) is 7.40. The number of carboxylic acid groups (broad SMARTS) is 1. The molecule has 0 spiro atoms. The Hall–Kier alpha value is -1.84. The molecule has 0 heterocycles. The Morgan fingerprint density at radius 1 is 1.15 bits per heavy atom. The van der Waals surface area contributed by atoms with Gasteiger partial charge >= 0.3 is 11.9 Å². The Morgan fingerprint density at radius 3 is 2.20 bits per heavy atom. The van der Waals surface area contributed by atoms with Crippen LogP contribution in [-0.4, -0.2) is 17.0 Å². The number of benzene rings is 1. The molecule has 1 N–H and O–H groups in total. The van der Waals surface area contributed by atoms with E-state index in [-0.39, 0.29) is 11.9 Å². The van der Waals surface area contributed by atoms with E-state index in [0.29, 0.717) is 12.2 Å². The molecule has 0 bridgehead atoms. The number of carboxylic acids is 1. The normalized spacial score (nSPS) is 14.8. The number of para-hydroxylation sites is 1. The van der Waals surface area contributed by atoms with Gasteiger partial charge in [0.2, 0.25) is 0 Å². The van der Waals surface area contributed by atoms with Crippen LogP contribution in [-0.2, 0) is 9.59 Å². The number of ether oxygens (including phenoxy) is 1. The molecule has 110 valence electrons. The number of carbonyl (C=O) groups is 2. The fourth-order valence-electron chi connectivity index (χ4n) is 2.04. The Bertz CT molecular complexity index is 408. The molecule has 1 fully saturated rings. The summed E-state index contributed by atoms with van der Waals surface area (Å²) in [6.45, 7) is 1.77. The standard InChI is InChI=1S/C9H10O2.C7H12O2/c1-2-9(10)11-8-6-4-3-5-7-8;8-7(9)6-4-2-1-3-5-6/h3-7H,2H2,1H3;6H,1-5H2,(H,8,9). The average molecular weight is 278 g/mol. The van der Waals surface area contributed by atoms with Crippen molar-refractivity contribution in [1.82, 2.24) is 0 Å². The summed E-state index contributed by atoms with van der Waals surface area (Å²) in [6.07, 6.45) is 5.65. The summed E-state index contributed by atoms with van der Waals surface area (Å²) in [6, 6.07) is 9.06. The predicted octanol–water partition coefficient (Wildman–Crippen LogP) is 3.65. The summed E-state index contributed by atoms with van der Waals surface area (Å²) in [5.74, 6) is -0.219. The minimum Gasteiger partial charge on any atom is -0.481 e. The third kappa shape index (κ3) is 6.36. The number of hydrogen-bond donors (Lipinski definition) is 1. The molecule has 4 nitrogen and oxygen atoms in total. The van der Waals surface area contributed by atoms with Crippen molar-refractivity contribution in [2.24, 2.45) is 5.92 Å². The highest BCUT2D eigenvalue weighted by Gasteiger charge is 2.19. The Balaban J connectivity index is 0.000000204. The maximum atomic E-state index is 10.8. The molecule has 0 saturated heterocycles. The molecule has 20 heavy (non-hydrogen) atoms. The summed E-state index contributed by atoms with van der Waals surface area (Å²) in [5, 5.41) is 8.54. The van der Waals surface area contributed by atoms with Gasteiger partial charge in [-0.05, 0) is 25.0 Å². The molecule has 0 aromatic heterocycles. The SMILES string of the molecule is CCC(=O)Oc1ccccc1.O=C(O)C1CCCCC1. The van der Waals surface area contributed by atoms with E-state index in [1.54, 1.807) is 19.1 Å². The molecule has 1 aromatic rings. The van der Waals surface area contributed by atoms with Crippen LogP contribution in [0.3, 0.4) is 0 Å². The van der Waals surface area contributed by atoms with Gasteiger partial charge in [-0.3, -0.25) is 9.59 Å². The zero-order valence-corrected chi connectivity index (χ0v) is 11.9. The molecule has 1 aliphatic carbocycles. The van der Waals surface area contributed by atoms with Crippen LogP contribution in [0.5, 0.6) is 5.75 Å². The fraction of sp³-hybridized carbons (Fsp3) is 0.500. The van der Waals surface area contributed by atoms with Crippen LogP contribution < -0.4 is 4.74 Å². The average Bonchev–Trinajstić information content (AvgIpc) is 2.49. The first-order chi connectivity index (χ1) is 9.63. The van der Waals surface area contributed by atoms with Crippen molar-refractivity contribution < 1.29 is 19.4 Å². The fourth-order valence-corrected chi connectivity index (χ4v) is 2.04. The van der Waals surface area contributed by atoms with Gasteiger partial charge in [-0.15, -0.1) is 0 Å². The molecule has 0 amide bonds. The summed E-state index contributed by atoms with van der Waals surface area (Å²) in [7, 11) is 0. The van der Waals surface area contributed by atoms with Crippen molar-refractivity contribution >= 4 is 11.9 Å². The highest BCUT2D eigenvalue weighted by atomic mass is 16.5. The maximum Gasteiger partial charge on any atom is 0.310 e. The van der Waals surface area contributed by atoms with Crippen molar-refractivity contribution in [3.8, 4) is 5.75 Å². The van der Waals surface area contributed by atoms with E-state index in [4.69, 9.17) is 9.84 Å². The van der Waals surface area contributed by atoms with E-state index in [1.807, 2.05) is 18.2 Å². The minimum atomic E-state index is -0.602. The number of esters is 1. The van der Waals surface area contributed by atoms with Crippen LogP contribution in [0.15, 0.2) is 30.3 Å². The van der Waals surface area contributed by atoms with Gasteiger partial charge in [-0.25, -0.2) is 0 Å². The van der Waals surface area contributed by atoms with E-state index >= 15 is 0 Å². The lowest BCUT2D eigenvalue weighted by Gasteiger charge is -2.16. The first-order valence-electron chi connectivity index (χ1n) is 7.12. The van der Waals surface area contributed by atoms with Crippen molar-refractivity contribution in [1.29, 1.82) is 0 Å². The summed E-state index contributed by atoms with van der Waals surface area (Å²) >= 11 is 0. The van der Waals surface area contributed by atoms with Gasteiger partial charge in [0, 0.05) is 6.42 Å². The van der Waals surface area contributed by atoms with Crippen LogP contribution in [0.4, 0.5) is 0 Å². The number of hydrogen-bond acceptors (Lipinski definition) is 3. The van der Waals surface area contributed by atoms with Gasteiger partial charge in [0.05, 0.1) is 5.92 Å². The first-order valence-corrected chi connectivity index (χ1v) is 7.12. The van der Waals surface area contributed by atoms with Gasteiger partial charge in [-0.2, -0.15) is 0 Å². The van der Waals surface area contributed by atoms with Gasteiger partial charge in [0.1, 0.15) is 5.75 Å². The molecule has 1 saturated carbocycles. The zero-order chi connectivity index (χ0) is 14.8. The van der Waals surface area contributed by atoms with E-state index in [1.165, 1.54) is 6.42 Å². The smallest absolute Gasteiger partial charge is 0.310 e. The highest BCUT2D eigenvalue weighted by molar-refractivity contribution is 5.71. The van der Waals surface area contributed by atoms with Crippen molar-refractivity contribution in [2.45, 2.75) is 45.4 Å². The van der Waals surface area contributed by atoms with Crippen molar-refractivity contribution in [3.05, 3.63) is 30.3 Å². The van der Waals surface area contributed by atoms with Crippen molar-refractivity contribution in [2.75, 3.05) is 0 Å². The lowest BCUT2D eigenvalue weighted by Crippen LogP contribution is -2.16. The van der Waals surface area contributed by atoms with Crippen LogP contribution >= 0.6 is 0 Å². The second kappa shape index (κ2) is 9.13. The predicted molar refractivity (Wildman–Crippen MR) is 76.6 cm³/mol. The van der Waals surface area contributed by atoms with Crippen LogP contribution in [0.25, 0.3) is 0 Å². The lowest BCUT2D eigenvalue weighted by atomic mass is 9.90. The lowest BCUT2D eigenvalue weighted by molar-refractivity contribution is -0.142. The van der Waals surface area contributed by atoms with Crippen LogP contribution in [0, 0.1) is 5.92 Å². The molecule has 0 atom stereocenters. The zero-order valence-electron chi connectivity index (χ0n) is 11.9. The summed E-state index contributed by atoms with van der Waals surface area (Å²) < 4.78 is 4.92. The van der Waals surface area contributed by atoms with E-state index < -0.39 is 5.97 Å². The number of rotatable bonds is 3. The third-order valence-electron chi connectivity index (χ3n) is 3.22. The molecule has 2 rings (SSSR count). The minimum absolute atomic E-state index is 0.0289. The monoisotopic (exact) mass is 278 g/mol. The first kappa shape index (κ1) is 16.2. The van der Waals surface area contributed by atoms with E-state index in [2.05, 4.69) is 0 Å². The second-order valence-corrected chi connectivity index (χ2v) is 4.81. The molecule has 4 heteroatoms. The number of aliphatic carboxylic acids is 1. The second-order valence-electron chi connectivity index (χ2n) is 4.81. The number of carbonyl (C=O) groups excluding carboxylic acids is 1. The summed E-state index contributed by atoms with van der Waals surface area (Å²) in [5.41, 5.74) is 0. The summed E-state index contributed by atoms with van der Waals surface area (Å²) in [4.78, 5) is 21.1. The van der Waals surface area contributed by atoms with Gasteiger partial charge < -0.3 is 9.84 Å². The van der Waals surface area contributed by atoms with Crippen LogP contribution in [0.1, 0.15) is 45.4 Å². The largest absolute Gasteiger partial charge is 0.481 e. The maximum absolute atomic E-state index is 10.8. The Labute approximate surface area is 119 Å². The molecule has 0 radical (unpaired) electrons. The molecule has 1 aromatic carbocycles. The highest BCUT2D eigenvalue weighted by Crippen LogP contribution is 2.23. The molecule has 0 unspecified atom stereocenters. The van der Waals surface area contributed by atoms with E-state index in [0.717, 1.165) is 25.7 Å². The van der Waals surface area contributed by atoms with Gasteiger partial charge in [-0.1, -0.05) is 44.4 Å². The molecule has 0 aliphatic heterocycles. The quantitative estimate of drug-likeness (QED) is 0.677. The van der Waals surface area contributed by atoms with E-state index in [9.17, 15) is 9.59 Å².